The summed E-state index contributed by atoms with van der Waals surface area (Å²) in [6.45, 7) is 0.662. The summed E-state index contributed by atoms with van der Waals surface area (Å²) in [4.78, 5) is 45.1. The van der Waals surface area contributed by atoms with Gasteiger partial charge in [0.25, 0.3) is 16.1 Å². The number of carbonyl (C=O) groups excluding carboxylic acids is 1. The topological polar surface area (TPSA) is 230 Å². The summed E-state index contributed by atoms with van der Waals surface area (Å²) < 4.78 is 93.6. The number of anilines is 4. The molecule has 1 amide bonds. The molecule has 5 rings (SSSR count). The molecule has 4 heterocycles. The van der Waals surface area contributed by atoms with Gasteiger partial charge >= 0.3 is 24.3 Å². The number of aliphatic carboxylic acids is 2. The number of carbonyl (C=O) groups is 3. The van der Waals surface area contributed by atoms with Crippen LogP contribution < -0.4 is 20.5 Å². The fraction of sp³-hybridized carbons (Fsp3) is 0.333. The van der Waals surface area contributed by atoms with Crippen LogP contribution in [0.3, 0.4) is 0 Å². The summed E-state index contributed by atoms with van der Waals surface area (Å²) >= 11 is 6.32. The van der Waals surface area contributed by atoms with Crippen molar-refractivity contribution in [2.75, 3.05) is 43.4 Å². The monoisotopic (exact) mass is 772 g/mol. The number of fused-ring (bicyclic) bond motifs is 6. The Balaban J connectivity index is 0.000000424. The first-order chi connectivity index (χ1) is 23.6. The summed E-state index contributed by atoms with van der Waals surface area (Å²) in [5, 5.41) is 26.2. The third-order valence-electron chi connectivity index (χ3n) is 6.59. The van der Waals surface area contributed by atoms with Crippen LogP contribution >= 0.6 is 11.6 Å². The van der Waals surface area contributed by atoms with Crippen molar-refractivity contribution < 1.29 is 64.1 Å². The molecule has 2 aliphatic heterocycles. The Morgan fingerprint density at radius 2 is 1.51 bits per heavy atom. The van der Waals surface area contributed by atoms with E-state index in [0.29, 0.717) is 35.4 Å². The first kappa shape index (κ1) is 40.4. The zero-order chi connectivity index (χ0) is 38.1. The number of hydrogen-bond acceptors (Lipinski definition) is 11. The second kappa shape index (κ2) is 16.8. The summed E-state index contributed by atoms with van der Waals surface area (Å²) in [5.74, 6) is -4.34. The molecule has 0 unspecified atom stereocenters. The number of benzene rings is 1. The van der Waals surface area contributed by atoms with Gasteiger partial charge in [-0.1, -0.05) is 11.6 Å². The molecule has 0 saturated carbocycles. The minimum Gasteiger partial charge on any atom is -0.483 e. The third kappa shape index (κ3) is 12.7. The predicted octanol–water partition coefficient (Wildman–Crippen LogP) is 3.10. The molecule has 51 heavy (non-hydrogen) atoms. The van der Waals surface area contributed by atoms with E-state index in [0.717, 1.165) is 26.8 Å². The molecule has 278 valence electrons. The van der Waals surface area contributed by atoms with Crippen molar-refractivity contribution in [2.45, 2.75) is 25.2 Å². The van der Waals surface area contributed by atoms with Crippen LogP contribution in [-0.4, -0.2) is 106 Å². The first-order valence-electron chi connectivity index (χ1n) is 14.1. The molecule has 1 aromatic carbocycles. The summed E-state index contributed by atoms with van der Waals surface area (Å²) in [7, 11) is -3.76. The molecule has 6 bridgehead atoms. The summed E-state index contributed by atoms with van der Waals surface area (Å²) in [6.07, 6.45) is -3.84. The van der Waals surface area contributed by atoms with E-state index in [2.05, 4.69) is 25.6 Å². The van der Waals surface area contributed by atoms with E-state index in [9.17, 15) is 39.6 Å². The van der Waals surface area contributed by atoms with E-state index in [1.807, 2.05) is 18.2 Å². The van der Waals surface area contributed by atoms with Gasteiger partial charge in [0.15, 0.2) is 12.4 Å². The number of pyridine rings is 1. The molecule has 0 radical (unpaired) electrons. The maximum absolute atomic E-state index is 12.8. The number of amides is 1. The van der Waals surface area contributed by atoms with Gasteiger partial charge in [-0.15, -0.1) is 0 Å². The standard InChI is InChI=1S/C23H25ClN8O4S.2C2HF3O2/c24-19-13-27-23-29-18-9-15(11-26-12-18)1-2-16-10-17(28-22(19)30-23)3-4-20(16)36-14-21(33)31-5-7-32(8-6-31)37(25,34)35;2*3-2(4,5)1(6)7/h3-4,9-13H,1-2,5-8,14H2,(H2,25,34,35)(H2,27,28,29,30);2*(H,6,7). The molecule has 0 atom stereocenters. The number of piperazine rings is 1. The molecular formula is C27H27ClF6N8O8S. The highest BCUT2D eigenvalue weighted by atomic mass is 35.5. The van der Waals surface area contributed by atoms with Crippen LogP contribution in [0, 0.1) is 0 Å². The highest BCUT2D eigenvalue weighted by Crippen LogP contribution is 2.30. The fourth-order valence-electron chi connectivity index (χ4n) is 4.17. The lowest BCUT2D eigenvalue weighted by atomic mass is 10.0. The molecule has 2 aromatic heterocycles. The molecule has 2 aliphatic rings. The lowest BCUT2D eigenvalue weighted by Gasteiger charge is -2.32. The van der Waals surface area contributed by atoms with Crippen LogP contribution in [0.25, 0.3) is 0 Å². The Bertz CT molecular complexity index is 1820. The number of alkyl halides is 6. The number of nitrogens with two attached hydrogens (primary N) is 1. The normalized spacial score (nSPS) is 14.6. The van der Waals surface area contributed by atoms with Crippen molar-refractivity contribution in [3.8, 4) is 5.75 Å². The van der Waals surface area contributed by atoms with Gasteiger partial charge in [0, 0.05) is 38.1 Å². The molecule has 1 saturated heterocycles. The lowest BCUT2D eigenvalue weighted by molar-refractivity contribution is -0.193. The van der Waals surface area contributed by atoms with Gasteiger partial charge < -0.3 is 30.5 Å². The average Bonchev–Trinajstić information content (AvgIpc) is 3.04. The van der Waals surface area contributed by atoms with Crippen LogP contribution in [0.2, 0.25) is 5.02 Å². The Kier molecular flexibility index (Phi) is 13.3. The third-order valence-corrected chi connectivity index (χ3v) is 7.95. The lowest BCUT2D eigenvalue weighted by Crippen LogP contribution is -2.53. The quantitative estimate of drug-likeness (QED) is 0.241. The Hall–Kier alpha value is -5.00. The van der Waals surface area contributed by atoms with E-state index in [1.54, 1.807) is 23.4 Å². The second-order valence-corrected chi connectivity index (χ2v) is 12.2. The Morgan fingerprint density at radius 3 is 2.08 bits per heavy atom. The molecule has 1 fully saturated rings. The maximum atomic E-state index is 12.8. The van der Waals surface area contributed by atoms with E-state index in [1.165, 1.54) is 6.20 Å². The number of halogens is 7. The van der Waals surface area contributed by atoms with Crippen molar-refractivity contribution in [1.29, 1.82) is 0 Å². The van der Waals surface area contributed by atoms with Gasteiger partial charge in [-0.25, -0.2) is 19.7 Å². The fourth-order valence-corrected chi connectivity index (χ4v) is 4.98. The Labute approximate surface area is 289 Å². The van der Waals surface area contributed by atoms with Crippen molar-refractivity contribution in [3.63, 3.8) is 0 Å². The number of carboxylic acids is 2. The van der Waals surface area contributed by atoms with Crippen molar-refractivity contribution in [1.82, 2.24) is 24.2 Å². The molecular weight excluding hydrogens is 746 g/mol. The smallest absolute Gasteiger partial charge is 0.483 e. The molecule has 24 heteroatoms. The molecule has 6 N–H and O–H groups in total. The van der Waals surface area contributed by atoms with Crippen LogP contribution in [0.4, 0.5) is 49.5 Å². The minimum absolute atomic E-state index is 0.158. The van der Waals surface area contributed by atoms with Crippen LogP contribution in [0.5, 0.6) is 5.75 Å². The van der Waals surface area contributed by atoms with Gasteiger partial charge in [0.2, 0.25) is 5.95 Å². The average molecular weight is 773 g/mol. The summed E-state index contributed by atoms with van der Waals surface area (Å²) in [6, 6.07) is 7.53. The molecule has 0 spiro atoms. The zero-order valence-corrected chi connectivity index (χ0v) is 27.3. The number of rotatable bonds is 4. The van der Waals surface area contributed by atoms with Gasteiger partial charge in [-0.05, 0) is 48.2 Å². The molecule has 0 aliphatic carbocycles. The maximum Gasteiger partial charge on any atom is 0.490 e. The predicted molar refractivity (Wildman–Crippen MR) is 166 cm³/mol. The van der Waals surface area contributed by atoms with Crippen LogP contribution in [-0.2, 0) is 37.4 Å². The van der Waals surface area contributed by atoms with Gasteiger partial charge in [0.1, 0.15) is 10.8 Å². The number of nitrogens with one attached hydrogen (secondary N) is 2. The van der Waals surface area contributed by atoms with E-state index >= 15 is 0 Å². The van der Waals surface area contributed by atoms with E-state index in [-0.39, 0.29) is 38.7 Å². The zero-order valence-electron chi connectivity index (χ0n) is 25.7. The SMILES string of the molecule is NS(=O)(=O)N1CCN(C(=O)COc2ccc3cc2CCc2cncc(c2)Nc2ncc(Cl)c(n2)N3)CC1.O=C(O)C(F)(F)F.O=C(O)C(F)(F)F. The molecule has 3 aromatic rings. The number of aromatic nitrogens is 3. The largest absolute Gasteiger partial charge is 0.490 e. The minimum atomic E-state index is -5.08. The first-order valence-corrected chi connectivity index (χ1v) is 15.9. The highest BCUT2D eigenvalue weighted by molar-refractivity contribution is 7.86. The van der Waals surface area contributed by atoms with Gasteiger partial charge in [-0.3, -0.25) is 9.78 Å². The second-order valence-electron chi connectivity index (χ2n) is 10.3. The van der Waals surface area contributed by atoms with Gasteiger partial charge in [-0.2, -0.15) is 44.0 Å². The number of aryl methyl sites for hydroxylation is 2. The number of hydrogen-bond donors (Lipinski definition) is 5. The van der Waals surface area contributed by atoms with Crippen LogP contribution in [0.15, 0.2) is 42.9 Å². The van der Waals surface area contributed by atoms with Crippen LogP contribution in [0.1, 0.15) is 11.1 Å². The Morgan fingerprint density at radius 1 is 0.902 bits per heavy atom. The van der Waals surface area contributed by atoms with Gasteiger partial charge in [0.05, 0.1) is 18.1 Å². The van der Waals surface area contributed by atoms with E-state index in [4.69, 9.17) is 41.3 Å². The van der Waals surface area contributed by atoms with E-state index < -0.39 is 34.5 Å². The molecule has 16 nitrogen and oxygen atoms in total. The number of nitrogens with zero attached hydrogens (tertiary/aromatic N) is 5. The number of carboxylic acid groups (broad SMARTS) is 2. The van der Waals surface area contributed by atoms with Crippen molar-refractivity contribution in [2.24, 2.45) is 5.14 Å². The van der Waals surface area contributed by atoms with Crippen molar-refractivity contribution >= 4 is 62.8 Å². The number of ether oxygens (including phenoxy) is 1. The van der Waals surface area contributed by atoms with Crippen molar-refractivity contribution in [3.05, 3.63) is 59.0 Å². The highest BCUT2D eigenvalue weighted by Gasteiger charge is 2.39. The summed E-state index contributed by atoms with van der Waals surface area (Å²) in [5.41, 5.74) is 3.40.